The molecule has 0 aromatic heterocycles. The van der Waals surface area contributed by atoms with Gasteiger partial charge in [-0.05, 0) is 37.1 Å². The molecule has 0 radical (unpaired) electrons. The smallest absolute Gasteiger partial charge is 0.189 e. The van der Waals surface area contributed by atoms with Crippen molar-refractivity contribution in [2.75, 3.05) is 26.3 Å². The van der Waals surface area contributed by atoms with E-state index < -0.39 is 17.3 Å². The van der Waals surface area contributed by atoms with Gasteiger partial charge in [0, 0.05) is 24.9 Å². The summed E-state index contributed by atoms with van der Waals surface area (Å²) in [6, 6.07) is 11.7. The van der Waals surface area contributed by atoms with Crippen LogP contribution in [0.4, 0.5) is 0 Å². The first-order valence-electron chi connectivity index (χ1n) is 9.69. The summed E-state index contributed by atoms with van der Waals surface area (Å²) in [5, 5.41) is 41.6. The molecule has 1 aromatic rings. The Bertz CT molecular complexity index is 949. The third-order valence-electron chi connectivity index (χ3n) is 5.60. The molecule has 3 atom stereocenters. The number of hydrogen-bond donors (Lipinski definition) is 2. The van der Waals surface area contributed by atoms with Gasteiger partial charge >= 0.3 is 0 Å². The Hall–Kier alpha value is -3.34. The van der Waals surface area contributed by atoms with Gasteiger partial charge in [0.1, 0.15) is 5.92 Å². The van der Waals surface area contributed by atoms with Gasteiger partial charge in [0.15, 0.2) is 16.9 Å². The number of rotatable bonds is 5. The van der Waals surface area contributed by atoms with Gasteiger partial charge in [-0.3, -0.25) is 0 Å². The lowest BCUT2D eigenvalue weighted by Crippen LogP contribution is -2.52. The third kappa shape index (κ3) is 3.23. The molecule has 3 rings (SSSR count). The second-order valence-electron chi connectivity index (χ2n) is 7.03. The van der Waals surface area contributed by atoms with Crippen molar-refractivity contribution < 1.29 is 9.47 Å². The summed E-state index contributed by atoms with van der Waals surface area (Å²) in [5.41, 5.74) is -0.334. The van der Waals surface area contributed by atoms with E-state index in [2.05, 4.69) is 23.5 Å². The number of nitrogens with zero attached hydrogens (tertiary/aromatic N) is 3. The van der Waals surface area contributed by atoms with Gasteiger partial charge in [-0.1, -0.05) is 12.1 Å². The number of ether oxygens (including phenoxy) is 2. The largest absolute Gasteiger partial charge is 0.490 e. The lowest BCUT2D eigenvalue weighted by Gasteiger charge is -2.45. The predicted octanol–water partition coefficient (Wildman–Crippen LogP) is 2.92. The number of fused-ring (bicyclic) bond motifs is 1. The number of hydrogen-bond acceptors (Lipinski definition) is 7. The molecular weight excluding hydrogens is 366 g/mol. The van der Waals surface area contributed by atoms with Crippen molar-refractivity contribution in [1.29, 1.82) is 21.2 Å². The van der Waals surface area contributed by atoms with Gasteiger partial charge in [-0.25, -0.2) is 0 Å². The molecule has 0 spiro atoms. The van der Waals surface area contributed by atoms with E-state index in [1.165, 1.54) is 0 Å². The third-order valence-corrected chi connectivity index (χ3v) is 5.60. The van der Waals surface area contributed by atoms with E-state index >= 15 is 0 Å². The van der Waals surface area contributed by atoms with Crippen LogP contribution in [0.5, 0.6) is 11.5 Å². The Morgan fingerprint density at radius 2 is 1.83 bits per heavy atom. The van der Waals surface area contributed by atoms with Gasteiger partial charge in [-0.2, -0.15) is 15.8 Å². The molecule has 2 N–H and O–H groups in total. The highest BCUT2D eigenvalue weighted by molar-refractivity contribution is 6.00. The monoisotopic (exact) mass is 389 g/mol. The molecule has 1 aliphatic carbocycles. The van der Waals surface area contributed by atoms with Crippen molar-refractivity contribution in [2.24, 2.45) is 17.3 Å². The van der Waals surface area contributed by atoms with Gasteiger partial charge in [0.25, 0.3) is 0 Å². The molecule has 1 saturated carbocycles. The first-order chi connectivity index (χ1) is 14.1. The fourth-order valence-electron chi connectivity index (χ4n) is 4.37. The quantitative estimate of drug-likeness (QED) is 0.746. The average Bonchev–Trinajstić information content (AvgIpc) is 2.75. The molecule has 0 saturated heterocycles. The zero-order valence-corrected chi connectivity index (χ0v) is 16.5. The number of benzene rings is 1. The van der Waals surface area contributed by atoms with Gasteiger partial charge < -0.3 is 20.2 Å². The standard InChI is InChI=1S/C22H23N5O2/c1-3-28-18-6-5-14(9-19(18)29-4-2)20-17-11-27-8-7-15(17)16(10-23)21(26)22(20,12-24)13-25/h5-7,9,16-17,20,26-27H,3-4,8,11H2,1-2H3/t16?,17-,20+/m0/s1. The summed E-state index contributed by atoms with van der Waals surface area (Å²) in [7, 11) is 0. The van der Waals surface area contributed by atoms with Gasteiger partial charge in [-0.15, -0.1) is 0 Å². The highest BCUT2D eigenvalue weighted by atomic mass is 16.5. The molecule has 148 valence electrons. The molecule has 2 aliphatic rings. The first kappa shape index (κ1) is 20.4. The van der Waals surface area contributed by atoms with Crippen LogP contribution in [-0.4, -0.2) is 32.0 Å². The Labute approximate surface area is 170 Å². The molecule has 1 fully saturated rings. The van der Waals surface area contributed by atoms with Crippen molar-refractivity contribution in [1.82, 2.24) is 5.32 Å². The maximum atomic E-state index is 10.0. The molecule has 1 unspecified atom stereocenters. The van der Waals surface area contributed by atoms with E-state index in [1.807, 2.05) is 26.0 Å². The fourth-order valence-corrected chi connectivity index (χ4v) is 4.37. The molecule has 7 heteroatoms. The van der Waals surface area contributed by atoms with E-state index in [0.29, 0.717) is 37.8 Å². The van der Waals surface area contributed by atoms with Crippen molar-refractivity contribution in [2.45, 2.75) is 19.8 Å². The van der Waals surface area contributed by atoms with Crippen LogP contribution in [0.25, 0.3) is 0 Å². The summed E-state index contributed by atoms with van der Waals surface area (Å²) in [6.07, 6.45) is 1.92. The Balaban J connectivity index is 2.21. The van der Waals surface area contributed by atoms with Crippen LogP contribution in [0.3, 0.4) is 0 Å². The highest BCUT2D eigenvalue weighted by Crippen LogP contribution is 2.53. The molecule has 1 aliphatic heterocycles. The molecular formula is C22H23N5O2. The van der Waals surface area contributed by atoms with Crippen molar-refractivity contribution in [3.63, 3.8) is 0 Å². The summed E-state index contributed by atoms with van der Waals surface area (Å²) in [4.78, 5) is 0. The second kappa shape index (κ2) is 8.35. The zero-order valence-electron chi connectivity index (χ0n) is 16.5. The van der Waals surface area contributed by atoms with Crippen molar-refractivity contribution >= 4 is 5.71 Å². The van der Waals surface area contributed by atoms with Crippen LogP contribution >= 0.6 is 0 Å². The van der Waals surface area contributed by atoms with Gasteiger partial charge in [0.05, 0.1) is 37.1 Å². The van der Waals surface area contributed by atoms with Crippen molar-refractivity contribution in [3.05, 3.63) is 35.4 Å². The lowest BCUT2D eigenvalue weighted by atomic mass is 9.54. The van der Waals surface area contributed by atoms with Crippen LogP contribution in [0.2, 0.25) is 0 Å². The lowest BCUT2D eigenvalue weighted by molar-refractivity contribution is 0.285. The Morgan fingerprint density at radius 1 is 1.14 bits per heavy atom. The first-order valence-corrected chi connectivity index (χ1v) is 9.69. The van der Waals surface area contributed by atoms with E-state index in [1.54, 1.807) is 12.1 Å². The van der Waals surface area contributed by atoms with Crippen LogP contribution in [0.15, 0.2) is 29.8 Å². The average molecular weight is 389 g/mol. The molecule has 0 bridgehead atoms. The van der Waals surface area contributed by atoms with Crippen molar-refractivity contribution in [3.8, 4) is 29.7 Å². The van der Waals surface area contributed by atoms with E-state index in [4.69, 9.17) is 14.9 Å². The van der Waals surface area contributed by atoms with Crippen LogP contribution in [-0.2, 0) is 0 Å². The molecule has 1 heterocycles. The van der Waals surface area contributed by atoms with E-state index in [9.17, 15) is 15.8 Å². The Morgan fingerprint density at radius 3 is 2.45 bits per heavy atom. The number of nitrogens with one attached hydrogen (secondary N) is 2. The maximum Gasteiger partial charge on any atom is 0.189 e. The molecule has 1 aromatic carbocycles. The van der Waals surface area contributed by atoms with E-state index in [-0.39, 0.29) is 11.6 Å². The minimum atomic E-state index is -1.72. The summed E-state index contributed by atoms with van der Waals surface area (Å²) in [6.45, 7) is 5.81. The normalized spacial score (nSPS) is 24.9. The Kier molecular flexibility index (Phi) is 5.87. The van der Waals surface area contributed by atoms with E-state index in [0.717, 1.165) is 11.1 Å². The highest BCUT2D eigenvalue weighted by Gasteiger charge is 2.57. The minimum absolute atomic E-state index is 0.147. The second-order valence-corrected chi connectivity index (χ2v) is 7.03. The summed E-state index contributed by atoms with van der Waals surface area (Å²) < 4.78 is 11.4. The van der Waals surface area contributed by atoms with Crippen LogP contribution < -0.4 is 14.8 Å². The van der Waals surface area contributed by atoms with Gasteiger partial charge in [0.2, 0.25) is 0 Å². The SMILES string of the molecule is CCOc1ccc([C@@H]2[C@H]3CNCC=C3C(C#N)C(=N)C2(C#N)C#N)cc1OCC. The number of nitriles is 3. The fraction of sp³-hybridized carbons (Fsp3) is 0.455. The topological polar surface area (TPSA) is 126 Å². The maximum absolute atomic E-state index is 10.0. The van der Waals surface area contributed by atoms with Crippen LogP contribution in [0, 0.1) is 56.7 Å². The molecule has 0 amide bonds. The van der Waals surface area contributed by atoms with Crippen LogP contribution in [0.1, 0.15) is 25.3 Å². The molecule has 29 heavy (non-hydrogen) atoms. The summed E-state index contributed by atoms with van der Waals surface area (Å²) >= 11 is 0. The zero-order chi connectivity index (χ0) is 21.0. The molecule has 7 nitrogen and oxygen atoms in total. The summed E-state index contributed by atoms with van der Waals surface area (Å²) in [5.74, 6) is -0.555. The minimum Gasteiger partial charge on any atom is -0.490 e. The predicted molar refractivity (Wildman–Crippen MR) is 106 cm³/mol.